The second-order valence-corrected chi connectivity index (χ2v) is 10.3. The van der Waals surface area contributed by atoms with Crippen molar-refractivity contribution in [3.63, 3.8) is 0 Å². The fourth-order valence-corrected chi connectivity index (χ4v) is 5.62. The SMILES string of the molecule is O=C(Cc1cc(C(F)(F)F)cc(C(F)(F)F)c1)NCC(c1ccccc1F)N1CCN(C2CCCCC2)CC1. The molecule has 1 heterocycles. The van der Waals surface area contributed by atoms with Crippen LogP contribution in [0.4, 0.5) is 30.7 Å². The van der Waals surface area contributed by atoms with E-state index >= 15 is 0 Å². The van der Waals surface area contributed by atoms with Crippen molar-refractivity contribution in [2.75, 3.05) is 32.7 Å². The van der Waals surface area contributed by atoms with Crippen LogP contribution in [0.1, 0.15) is 60.4 Å². The highest BCUT2D eigenvalue weighted by molar-refractivity contribution is 5.78. The second kappa shape index (κ2) is 12.2. The lowest BCUT2D eigenvalue weighted by atomic mass is 9.93. The Balaban J connectivity index is 1.45. The van der Waals surface area contributed by atoms with Crippen LogP contribution in [0.15, 0.2) is 42.5 Å². The van der Waals surface area contributed by atoms with Crippen LogP contribution in [0.25, 0.3) is 0 Å². The third kappa shape index (κ3) is 7.72. The molecule has 214 valence electrons. The van der Waals surface area contributed by atoms with Crippen LogP contribution >= 0.6 is 0 Å². The zero-order valence-corrected chi connectivity index (χ0v) is 21.4. The van der Waals surface area contributed by atoms with Crippen LogP contribution < -0.4 is 5.32 Å². The van der Waals surface area contributed by atoms with E-state index in [9.17, 15) is 35.5 Å². The topological polar surface area (TPSA) is 35.6 Å². The van der Waals surface area contributed by atoms with Crippen LogP contribution in [-0.2, 0) is 23.6 Å². The molecule has 2 aromatic carbocycles. The van der Waals surface area contributed by atoms with Crippen molar-refractivity contribution in [3.05, 3.63) is 70.5 Å². The van der Waals surface area contributed by atoms with Gasteiger partial charge in [-0.05, 0) is 42.7 Å². The van der Waals surface area contributed by atoms with Gasteiger partial charge in [0, 0.05) is 44.3 Å². The first-order valence-corrected chi connectivity index (χ1v) is 13.2. The lowest BCUT2D eigenvalue weighted by Crippen LogP contribution is -2.53. The maximum Gasteiger partial charge on any atom is 0.416 e. The summed E-state index contributed by atoms with van der Waals surface area (Å²) in [7, 11) is 0. The summed E-state index contributed by atoms with van der Waals surface area (Å²) >= 11 is 0. The Morgan fingerprint density at radius 2 is 1.46 bits per heavy atom. The van der Waals surface area contributed by atoms with E-state index in [2.05, 4.69) is 15.1 Å². The van der Waals surface area contributed by atoms with E-state index in [-0.39, 0.29) is 12.6 Å². The molecule has 2 aromatic rings. The van der Waals surface area contributed by atoms with Gasteiger partial charge in [0.05, 0.1) is 23.6 Å². The van der Waals surface area contributed by atoms with Crippen LogP contribution in [0.5, 0.6) is 0 Å². The minimum Gasteiger partial charge on any atom is -0.354 e. The molecule has 1 atom stereocenters. The first-order valence-electron chi connectivity index (χ1n) is 13.2. The highest BCUT2D eigenvalue weighted by atomic mass is 19.4. The van der Waals surface area contributed by atoms with E-state index in [0.29, 0.717) is 36.8 Å². The summed E-state index contributed by atoms with van der Waals surface area (Å²) in [6.45, 7) is 2.86. The summed E-state index contributed by atoms with van der Waals surface area (Å²) in [6.07, 6.45) is -4.66. The normalized spacial score (nSPS) is 19.2. The minimum absolute atomic E-state index is 0.0303. The molecule has 0 radical (unpaired) electrons. The number of halogens is 7. The molecule has 1 saturated carbocycles. The van der Waals surface area contributed by atoms with Gasteiger partial charge in [-0.1, -0.05) is 37.5 Å². The van der Waals surface area contributed by atoms with Crippen molar-refractivity contribution in [1.82, 2.24) is 15.1 Å². The molecular weight excluding hydrogens is 527 g/mol. The average molecular weight is 560 g/mol. The summed E-state index contributed by atoms with van der Waals surface area (Å²) in [5, 5.41) is 2.62. The highest BCUT2D eigenvalue weighted by Gasteiger charge is 2.37. The van der Waals surface area contributed by atoms with E-state index < -0.39 is 53.2 Å². The molecule has 0 bridgehead atoms. The zero-order chi connectivity index (χ0) is 28.2. The molecule has 0 spiro atoms. The molecule has 1 unspecified atom stereocenters. The van der Waals surface area contributed by atoms with Gasteiger partial charge in [0.25, 0.3) is 0 Å². The van der Waals surface area contributed by atoms with Gasteiger partial charge in [-0.3, -0.25) is 14.6 Å². The number of nitrogens with one attached hydrogen (secondary N) is 1. The van der Waals surface area contributed by atoms with Crippen LogP contribution in [0.2, 0.25) is 0 Å². The Morgan fingerprint density at radius 3 is 2.03 bits per heavy atom. The van der Waals surface area contributed by atoms with Gasteiger partial charge in [0.2, 0.25) is 5.91 Å². The number of hydrogen-bond donors (Lipinski definition) is 1. The summed E-state index contributed by atoms with van der Waals surface area (Å²) < 4.78 is 93.9. The quantitative estimate of drug-likeness (QED) is 0.410. The predicted octanol–water partition coefficient (Wildman–Crippen LogP) is 6.21. The zero-order valence-electron chi connectivity index (χ0n) is 21.4. The molecular formula is C28H32F7N3O. The summed E-state index contributed by atoms with van der Waals surface area (Å²) in [5.74, 6) is -1.19. The molecule has 1 amide bonds. The second-order valence-electron chi connectivity index (χ2n) is 10.3. The Labute approximate surface area is 223 Å². The largest absolute Gasteiger partial charge is 0.416 e. The Kier molecular flexibility index (Phi) is 9.21. The van der Waals surface area contributed by atoms with Crippen molar-refractivity contribution < 1.29 is 35.5 Å². The molecule has 4 rings (SSSR count). The molecule has 0 aromatic heterocycles. The van der Waals surface area contributed by atoms with Crippen LogP contribution in [-0.4, -0.2) is 54.5 Å². The fourth-order valence-electron chi connectivity index (χ4n) is 5.62. The van der Waals surface area contributed by atoms with Crippen molar-refractivity contribution in [3.8, 4) is 0 Å². The summed E-state index contributed by atoms with van der Waals surface area (Å²) in [4.78, 5) is 17.2. The number of benzene rings is 2. The Bertz CT molecular complexity index is 1090. The van der Waals surface area contributed by atoms with E-state index in [1.807, 2.05) is 0 Å². The number of rotatable bonds is 7. The molecule has 2 fully saturated rings. The molecule has 1 aliphatic heterocycles. The Hall–Kier alpha value is -2.66. The van der Waals surface area contributed by atoms with Crippen LogP contribution in [0.3, 0.4) is 0 Å². The smallest absolute Gasteiger partial charge is 0.354 e. The van der Waals surface area contributed by atoms with Gasteiger partial charge in [0.15, 0.2) is 0 Å². The van der Waals surface area contributed by atoms with Gasteiger partial charge in [0.1, 0.15) is 5.82 Å². The van der Waals surface area contributed by atoms with Crippen LogP contribution in [0, 0.1) is 5.82 Å². The monoisotopic (exact) mass is 559 g/mol. The third-order valence-electron chi connectivity index (χ3n) is 7.65. The lowest BCUT2D eigenvalue weighted by Gasteiger charge is -2.43. The molecule has 4 nitrogen and oxygen atoms in total. The van der Waals surface area contributed by atoms with Gasteiger partial charge in [-0.2, -0.15) is 26.3 Å². The van der Waals surface area contributed by atoms with Crippen molar-refractivity contribution >= 4 is 5.91 Å². The fraction of sp³-hybridized carbons (Fsp3) is 0.536. The number of piperazine rings is 1. The lowest BCUT2D eigenvalue weighted by molar-refractivity contribution is -0.143. The van der Waals surface area contributed by atoms with Crippen molar-refractivity contribution in [1.29, 1.82) is 0 Å². The first kappa shape index (κ1) is 29.3. The number of nitrogens with zero attached hydrogens (tertiary/aromatic N) is 2. The minimum atomic E-state index is -5.00. The summed E-state index contributed by atoms with van der Waals surface area (Å²) in [5.41, 5.74) is -2.97. The van der Waals surface area contributed by atoms with Gasteiger partial charge < -0.3 is 5.32 Å². The maximum absolute atomic E-state index is 14.8. The van der Waals surface area contributed by atoms with E-state index in [1.165, 1.54) is 38.2 Å². The number of hydrogen-bond acceptors (Lipinski definition) is 3. The molecule has 11 heteroatoms. The Morgan fingerprint density at radius 1 is 0.872 bits per heavy atom. The molecule has 2 aliphatic rings. The van der Waals surface area contributed by atoms with Crippen molar-refractivity contribution in [2.24, 2.45) is 0 Å². The average Bonchev–Trinajstić information content (AvgIpc) is 2.89. The molecule has 1 saturated heterocycles. The maximum atomic E-state index is 14.8. The predicted molar refractivity (Wildman–Crippen MR) is 132 cm³/mol. The number of amides is 1. The van der Waals surface area contributed by atoms with Gasteiger partial charge in [-0.15, -0.1) is 0 Å². The van der Waals surface area contributed by atoms with E-state index in [0.717, 1.165) is 13.1 Å². The summed E-state index contributed by atoms with van der Waals surface area (Å²) in [6, 6.07) is 7.33. The standard InChI is InChI=1S/C28H32F7N3O/c29-24-9-5-4-8-23(24)25(38-12-10-37(11-13-38)22-6-2-1-3-7-22)18-36-26(39)16-19-14-20(27(30,31)32)17-21(15-19)28(33,34)35/h4-5,8-9,14-15,17,22,25H,1-3,6-7,10-13,16,18H2,(H,36,39). The number of alkyl halides is 6. The third-order valence-corrected chi connectivity index (χ3v) is 7.65. The van der Waals surface area contributed by atoms with E-state index in [4.69, 9.17) is 0 Å². The molecule has 39 heavy (non-hydrogen) atoms. The first-order chi connectivity index (χ1) is 18.4. The molecule has 1 N–H and O–H groups in total. The van der Waals surface area contributed by atoms with Gasteiger partial charge in [-0.25, -0.2) is 4.39 Å². The van der Waals surface area contributed by atoms with Gasteiger partial charge >= 0.3 is 12.4 Å². The van der Waals surface area contributed by atoms with E-state index in [1.54, 1.807) is 18.2 Å². The van der Waals surface area contributed by atoms with Crippen molar-refractivity contribution in [2.45, 2.75) is 63.0 Å². The number of carbonyl (C=O) groups is 1. The number of carbonyl (C=O) groups excluding carboxylic acids is 1. The molecule has 1 aliphatic carbocycles. The highest BCUT2D eigenvalue weighted by Crippen LogP contribution is 2.36.